The molecule has 0 aromatic carbocycles. The number of hydrogen-bond acceptors (Lipinski definition) is 6. The van der Waals surface area contributed by atoms with Crippen LogP contribution in [0.4, 0.5) is 0 Å². The minimum absolute atomic E-state index is 0.0863. The molecule has 0 aliphatic carbocycles. The fraction of sp³-hybridized carbons (Fsp3) is 0.712. The molecule has 6 nitrogen and oxygen atoms in total. The van der Waals surface area contributed by atoms with E-state index >= 15 is 0 Å². The van der Waals surface area contributed by atoms with Gasteiger partial charge in [0.25, 0.3) is 0 Å². The third-order valence-electron chi connectivity index (χ3n) is 12.8. The Labute approximate surface area is 445 Å². The summed E-state index contributed by atoms with van der Waals surface area (Å²) in [4.78, 5) is 38.2. The van der Waals surface area contributed by atoms with Crippen molar-refractivity contribution in [3.05, 3.63) is 97.2 Å². The van der Waals surface area contributed by atoms with Crippen LogP contribution >= 0.6 is 0 Å². The van der Waals surface area contributed by atoms with Crippen molar-refractivity contribution in [2.45, 2.75) is 290 Å². The highest BCUT2D eigenvalue weighted by atomic mass is 16.6. The Kier molecular flexibility index (Phi) is 56.8. The molecular weight excluding hydrogens is 889 g/mol. The fourth-order valence-electron chi connectivity index (χ4n) is 8.27. The van der Waals surface area contributed by atoms with Gasteiger partial charge in [0.1, 0.15) is 13.2 Å². The van der Waals surface area contributed by atoms with Crippen LogP contribution < -0.4 is 0 Å². The van der Waals surface area contributed by atoms with Gasteiger partial charge in [-0.1, -0.05) is 246 Å². The number of carbonyl (C=O) groups excluding carboxylic acids is 3. The molecule has 0 aromatic rings. The Morgan fingerprint density at radius 3 is 0.917 bits per heavy atom. The Balaban J connectivity index is 4.28. The molecule has 0 aliphatic rings. The third kappa shape index (κ3) is 57.2. The van der Waals surface area contributed by atoms with Gasteiger partial charge in [0.2, 0.25) is 0 Å². The normalized spacial score (nSPS) is 12.8. The highest BCUT2D eigenvalue weighted by Crippen LogP contribution is 2.15. The Hall–Kier alpha value is -3.67. The maximum Gasteiger partial charge on any atom is 0.306 e. The number of carbonyl (C=O) groups is 3. The molecule has 0 fully saturated rings. The Morgan fingerprint density at radius 1 is 0.292 bits per heavy atom. The third-order valence-corrected chi connectivity index (χ3v) is 12.8. The van der Waals surface area contributed by atoms with Crippen molar-refractivity contribution in [1.82, 2.24) is 0 Å². The largest absolute Gasteiger partial charge is 0.462 e. The molecule has 412 valence electrons. The van der Waals surface area contributed by atoms with Gasteiger partial charge in [-0.3, -0.25) is 14.4 Å². The summed E-state index contributed by atoms with van der Waals surface area (Å²) in [6.07, 6.45) is 79.8. The van der Waals surface area contributed by atoms with Crippen molar-refractivity contribution < 1.29 is 28.6 Å². The van der Waals surface area contributed by atoms with Crippen LogP contribution in [0.3, 0.4) is 0 Å². The average Bonchev–Trinajstić information content (AvgIpc) is 3.38. The van der Waals surface area contributed by atoms with Crippen molar-refractivity contribution in [2.24, 2.45) is 0 Å². The molecular formula is C66H112O6. The molecule has 0 heterocycles. The summed E-state index contributed by atoms with van der Waals surface area (Å²) in [5.74, 6) is -0.907. The predicted octanol–water partition coefficient (Wildman–Crippen LogP) is 20.5. The number of esters is 3. The number of rotatable bonds is 54. The van der Waals surface area contributed by atoms with Gasteiger partial charge in [0.05, 0.1) is 0 Å². The van der Waals surface area contributed by atoms with E-state index in [1.54, 1.807) is 0 Å². The lowest BCUT2D eigenvalue weighted by Crippen LogP contribution is -2.30. The standard InChI is InChI=1S/C66H112O6/c1-4-7-10-13-16-19-22-25-27-28-29-30-31-32-33-34-35-36-37-38-39-42-44-47-50-53-56-59-65(68)71-62-63(61-70-64(67)58-55-52-49-46-43-40-24-21-18-15-12-9-6-3)72-66(69)60-57-54-51-48-45-41-26-23-20-17-14-11-8-5-2/h7,10,12,15-16,19,21,23-27,29-30,32-33,63H,4-6,8-9,11,13-14,17-18,20,22,28,31,34-62H2,1-3H3/b10-7-,15-12-,19-16-,24-21-,26-23-,27-25-,30-29-,33-32-. The smallest absolute Gasteiger partial charge is 0.306 e. The molecule has 0 saturated carbocycles. The van der Waals surface area contributed by atoms with E-state index in [1.807, 2.05) is 0 Å². The molecule has 0 amide bonds. The van der Waals surface area contributed by atoms with Gasteiger partial charge in [-0.15, -0.1) is 0 Å². The van der Waals surface area contributed by atoms with E-state index in [-0.39, 0.29) is 31.1 Å². The maximum atomic E-state index is 12.8. The molecule has 0 N–H and O–H groups in total. The lowest BCUT2D eigenvalue weighted by Gasteiger charge is -2.18. The van der Waals surface area contributed by atoms with Crippen molar-refractivity contribution in [2.75, 3.05) is 13.2 Å². The molecule has 0 saturated heterocycles. The monoisotopic (exact) mass is 1000 g/mol. The molecule has 0 rings (SSSR count). The fourth-order valence-corrected chi connectivity index (χ4v) is 8.27. The summed E-state index contributed by atoms with van der Waals surface area (Å²) in [5, 5.41) is 0. The van der Waals surface area contributed by atoms with Crippen molar-refractivity contribution >= 4 is 17.9 Å². The van der Waals surface area contributed by atoms with E-state index in [1.165, 1.54) is 109 Å². The lowest BCUT2D eigenvalue weighted by atomic mass is 10.0. The minimum Gasteiger partial charge on any atom is -0.462 e. The van der Waals surface area contributed by atoms with Crippen molar-refractivity contribution in [3.8, 4) is 0 Å². The van der Waals surface area contributed by atoms with Crippen LogP contribution in [-0.4, -0.2) is 37.2 Å². The van der Waals surface area contributed by atoms with Gasteiger partial charge in [-0.25, -0.2) is 0 Å². The summed E-state index contributed by atoms with van der Waals surface area (Å²) >= 11 is 0. The van der Waals surface area contributed by atoms with Crippen LogP contribution in [0.1, 0.15) is 284 Å². The van der Waals surface area contributed by atoms with Gasteiger partial charge >= 0.3 is 17.9 Å². The van der Waals surface area contributed by atoms with Crippen LogP contribution in [0.5, 0.6) is 0 Å². The van der Waals surface area contributed by atoms with Crippen LogP contribution in [0.2, 0.25) is 0 Å². The van der Waals surface area contributed by atoms with Gasteiger partial charge in [-0.05, 0) is 116 Å². The van der Waals surface area contributed by atoms with Gasteiger partial charge in [0.15, 0.2) is 6.10 Å². The summed E-state index contributed by atoms with van der Waals surface area (Å²) in [7, 11) is 0. The summed E-state index contributed by atoms with van der Waals surface area (Å²) in [6.45, 7) is 6.44. The number of allylic oxidation sites excluding steroid dienone is 16. The summed E-state index contributed by atoms with van der Waals surface area (Å²) in [6, 6.07) is 0. The maximum absolute atomic E-state index is 12.8. The van der Waals surface area contributed by atoms with E-state index in [0.29, 0.717) is 19.3 Å². The molecule has 72 heavy (non-hydrogen) atoms. The van der Waals surface area contributed by atoms with E-state index in [4.69, 9.17) is 14.2 Å². The summed E-state index contributed by atoms with van der Waals surface area (Å²) in [5.41, 5.74) is 0. The molecule has 0 radical (unpaired) electrons. The SMILES string of the molecule is CC/C=C\C/C=C\C/C=C\C/C=C\C/C=C\CCCCCCCCCCCCCC(=O)OCC(COC(=O)CCCCCCC/C=C\C/C=C\CCC)OC(=O)CCCCCCC/C=C\CCCCCCC. The second-order valence-electron chi connectivity index (χ2n) is 19.9. The zero-order valence-electron chi connectivity index (χ0n) is 47.2. The van der Waals surface area contributed by atoms with Crippen LogP contribution in [0.15, 0.2) is 97.2 Å². The van der Waals surface area contributed by atoms with E-state index < -0.39 is 6.10 Å². The van der Waals surface area contributed by atoms with Gasteiger partial charge in [-0.2, -0.15) is 0 Å². The van der Waals surface area contributed by atoms with Gasteiger partial charge in [0, 0.05) is 19.3 Å². The van der Waals surface area contributed by atoms with Crippen molar-refractivity contribution in [1.29, 1.82) is 0 Å². The first-order valence-electron chi connectivity index (χ1n) is 30.2. The Morgan fingerprint density at radius 2 is 0.569 bits per heavy atom. The molecule has 6 heteroatoms. The predicted molar refractivity (Wildman–Crippen MR) is 311 cm³/mol. The first kappa shape index (κ1) is 68.3. The topological polar surface area (TPSA) is 78.9 Å². The number of unbranched alkanes of at least 4 members (excludes halogenated alkanes) is 27. The first-order valence-corrected chi connectivity index (χ1v) is 30.2. The highest BCUT2D eigenvalue weighted by molar-refractivity contribution is 5.71. The van der Waals surface area contributed by atoms with E-state index in [0.717, 1.165) is 135 Å². The van der Waals surface area contributed by atoms with Gasteiger partial charge < -0.3 is 14.2 Å². The first-order chi connectivity index (χ1) is 35.5. The van der Waals surface area contributed by atoms with E-state index in [2.05, 4.69) is 118 Å². The highest BCUT2D eigenvalue weighted by Gasteiger charge is 2.19. The second-order valence-corrected chi connectivity index (χ2v) is 19.9. The average molecular weight is 1000 g/mol. The molecule has 0 aliphatic heterocycles. The number of hydrogen-bond donors (Lipinski definition) is 0. The Bertz CT molecular complexity index is 1430. The zero-order chi connectivity index (χ0) is 52.2. The molecule has 0 aromatic heterocycles. The van der Waals surface area contributed by atoms with Crippen LogP contribution in [-0.2, 0) is 28.6 Å². The molecule has 1 unspecified atom stereocenters. The lowest BCUT2D eigenvalue weighted by molar-refractivity contribution is -0.167. The van der Waals surface area contributed by atoms with E-state index in [9.17, 15) is 14.4 Å². The second kappa shape index (κ2) is 59.9. The summed E-state index contributed by atoms with van der Waals surface area (Å²) < 4.78 is 16.9. The quantitative estimate of drug-likeness (QED) is 0.0261. The zero-order valence-corrected chi connectivity index (χ0v) is 47.2. The van der Waals surface area contributed by atoms with Crippen LogP contribution in [0.25, 0.3) is 0 Å². The molecule has 0 bridgehead atoms. The molecule has 0 spiro atoms. The molecule has 1 atom stereocenters. The minimum atomic E-state index is -0.789. The number of ether oxygens (including phenoxy) is 3. The van der Waals surface area contributed by atoms with Crippen molar-refractivity contribution in [3.63, 3.8) is 0 Å². The van der Waals surface area contributed by atoms with Crippen LogP contribution in [0, 0.1) is 0 Å².